The number of piperidine rings is 1. The molecule has 0 unspecified atom stereocenters. The molecule has 2 aromatic rings. The molecule has 2 heterocycles. The number of thiazole rings is 1. The number of hydrogen-bond acceptors (Lipinski definition) is 4. The standard InChI is InChI=1S/C17H16F3N3O2S/c18-17(19,20)13-3-1-2-12(10-13)15(25)23-7-4-11(5-8-23)14(24)22-16-21-6-9-26-16/h1-3,6,9-11H,4-5,7-8H2,(H,21,22,24). The second kappa shape index (κ2) is 7.45. The Balaban J connectivity index is 1.59. The maximum absolute atomic E-state index is 12.8. The van der Waals surface area contributed by atoms with Crippen molar-refractivity contribution in [3.8, 4) is 0 Å². The van der Waals surface area contributed by atoms with Gasteiger partial charge in [0.05, 0.1) is 5.56 Å². The lowest BCUT2D eigenvalue weighted by Crippen LogP contribution is -2.41. The SMILES string of the molecule is O=C(Nc1nccs1)C1CCN(C(=O)c2cccc(C(F)(F)F)c2)CC1. The third-order valence-electron chi connectivity index (χ3n) is 4.25. The first-order chi connectivity index (χ1) is 12.3. The van der Waals surface area contributed by atoms with Gasteiger partial charge in [-0.3, -0.25) is 9.59 Å². The van der Waals surface area contributed by atoms with Gasteiger partial charge in [-0.15, -0.1) is 11.3 Å². The van der Waals surface area contributed by atoms with Crippen molar-refractivity contribution in [1.29, 1.82) is 0 Å². The van der Waals surface area contributed by atoms with Crippen molar-refractivity contribution in [3.63, 3.8) is 0 Å². The van der Waals surface area contributed by atoms with E-state index in [0.29, 0.717) is 31.1 Å². The summed E-state index contributed by atoms with van der Waals surface area (Å²) in [5.74, 6) is -0.842. The molecule has 1 aromatic heterocycles. The number of aromatic nitrogens is 1. The van der Waals surface area contributed by atoms with E-state index >= 15 is 0 Å². The molecule has 0 atom stereocenters. The number of amides is 2. The molecule has 0 spiro atoms. The largest absolute Gasteiger partial charge is 0.416 e. The second-order valence-corrected chi connectivity index (χ2v) is 6.87. The maximum atomic E-state index is 12.8. The fourth-order valence-electron chi connectivity index (χ4n) is 2.85. The van der Waals surface area contributed by atoms with Crippen molar-refractivity contribution in [2.45, 2.75) is 19.0 Å². The number of anilines is 1. The van der Waals surface area contributed by atoms with Gasteiger partial charge in [0, 0.05) is 36.1 Å². The van der Waals surface area contributed by atoms with Gasteiger partial charge in [-0.05, 0) is 31.0 Å². The Hall–Kier alpha value is -2.42. The van der Waals surface area contributed by atoms with Crippen molar-refractivity contribution in [2.75, 3.05) is 18.4 Å². The molecule has 1 aromatic carbocycles. The molecular weight excluding hydrogens is 367 g/mol. The normalized spacial score (nSPS) is 15.7. The minimum atomic E-state index is -4.49. The van der Waals surface area contributed by atoms with Crippen LogP contribution in [0.5, 0.6) is 0 Å². The van der Waals surface area contributed by atoms with E-state index in [0.717, 1.165) is 12.1 Å². The predicted molar refractivity (Wildman–Crippen MR) is 90.8 cm³/mol. The molecule has 9 heteroatoms. The van der Waals surface area contributed by atoms with Gasteiger partial charge in [-0.2, -0.15) is 13.2 Å². The molecule has 1 saturated heterocycles. The molecule has 138 valence electrons. The number of carbonyl (C=O) groups excluding carboxylic acids is 2. The average molecular weight is 383 g/mol. The van der Waals surface area contributed by atoms with Crippen LogP contribution in [0.25, 0.3) is 0 Å². The molecule has 1 N–H and O–H groups in total. The summed E-state index contributed by atoms with van der Waals surface area (Å²) < 4.78 is 38.4. The number of nitrogens with one attached hydrogen (secondary N) is 1. The minimum Gasteiger partial charge on any atom is -0.339 e. The van der Waals surface area contributed by atoms with Crippen molar-refractivity contribution < 1.29 is 22.8 Å². The number of benzene rings is 1. The van der Waals surface area contributed by atoms with Crippen molar-refractivity contribution in [3.05, 3.63) is 47.0 Å². The summed E-state index contributed by atoms with van der Waals surface area (Å²) in [5.41, 5.74) is -0.841. The van der Waals surface area contributed by atoms with Crippen LogP contribution >= 0.6 is 11.3 Å². The van der Waals surface area contributed by atoms with Crippen LogP contribution in [0.4, 0.5) is 18.3 Å². The van der Waals surface area contributed by atoms with E-state index in [2.05, 4.69) is 10.3 Å². The minimum absolute atomic E-state index is 0.00510. The summed E-state index contributed by atoms with van der Waals surface area (Å²) in [7, 11) is 0. The Kier molecular flexibility index (Phi) is 5.26. The number of alkyl halides is 3. The maximum Gasteiger partial charge on any atom is 0.416 e. The van der Waals surface area contributed by atoms with Crippen LogP contribution in [0.3, 0.4) is 0 Å². The van der Waals surface area contributed by atoms with Crippen LogP contribution in [-0.4, -0.2) is 34.8 Å². The molecular formula is C17H16F3N3O2S. The topological polar surface area (TPSA) is 62.3 Å². The Labute approximate surface area is 151 Å². The fourth-order valence-corrected chi connectivity index (χ4v) is 3.38. The van der Waals surface area contributed by atoms with Crippen molar-refractivity contribution in [1.82, 2.24) is 9.88 Å². The van der Waals surface area contributed by atoms with Crippen molar-refractivity contribution >= 4 is 28.3 Å². The smallest absolute Gasteiger partial charge is 0.339 e. The van der Waals surface area contributed by atoms with Gasteiger partial charge in [0.25, 0.3) is 5.91 Å². The zero-order chi connectivity index (χ0) is 18.7. The lowest BCUT2D eigenvalue weighted by molar-refractivity contribution is -0.137. The van der Waals surface area contributed by atoms with E-state index in [4.69, 9.17) is 0 Å². The molecule has 3 rings (SSSR count). The van der Waals surface area contributed by atoms with E-state index in [1.54, 1.807) is 11.6 Å². The fraction of sp³-hybridized carbons (Fsp3) is 0.353. The van der Waals surface area contributed by atoms with Crippen molar-refractivity contribution in [2.24, 2.45) is 5.92 Å². The highest BCUT2D eigenvalue weighted by Gasteiger charge is 2.32. The highest BCUT2D eigenvalue weighted by Crippen LogP contribution is 2.30. The zero-order valence-corrected chi connectivity index (χ0v) is 14.4. The van der Waals surface area contributed by atoms with Gasteiger partial charge in [0.1, 0.15) is 0 Å². The van der Waals surface area contributed by atoms with Gasteiger partial charge < -0.3 is 10.2 Å². The van der Waals surface area contributed by atoms with Crippen LogP contribution in [0.15, 0.2) is 35.8 Å². The lowest BCUT2D eigenvalue weighted by atomic mass is 9.95. The highest BCUT2D eigenvalue weighted by atomic mass is 32.1. The first-order valence-electron chi connectivity index (χ1n) is 8.01. The summed E-state index contributed by atoms with van der Waals surface area (Å²) in [6, 6.07) is 4.40. The highest BCUT2D eigenvalue weighted by molar-refractivity contribution is 7.13. The second-order valence-electron chi connectivity index (χ2n) is 5.97. The quantitative estimate of drug-likeness (QED) is 0.880. The third kappa shape index (κ3) is 4.21. The molecule has 0 radical (unpaired) electrons. The first-order valence-corrected chi connectivity index (χ1v) is 8.89. The monoisotopic (exact) mass is 383 g/mol. The summed E-state index contributed by atoms with van der Waals surface area (Å²) in [6.07, 6.45) is -1.97. The Bertz CT molecular complexity index is 785. The number of hydrogen-bond donors (Lipinski definition) is 1. The average Bonchev–Trinajstić information content (AvgIpc) is 3.13. The van der Waals surface area contributed by atoms with Crippen LogP contribution in [0.1, 0.15) is 28.8 Å². The van der Waals surface area contributed by atoms with E-state index in [1.807, 2.05) is 0 Å². The number of likely N-dealkylation sites (tertiary alicyclic amines) is 1. The molecule has 1 fully saturated rings. The summed E-state index contributed by atoms with van der Waals surface area (Å²) >= 11 is 1.32. The summed E-state index contributed by atoms with van der Waals surface area (Å²) in [4.78, 5) is 30.1. The molecule has 1 aliphatic heterocycles. The molecule has 0 bridgehead atoms. The van der Waals surface area contributed by atoms with Crippen LogP contribution in [-0.2, 0) is 11.0 Å². The van der Waals surface area contributed by atoms with E-state index in [1.165, 1.54) is 28.4 Å². The number of nitrogens with zero attached hydrogens (tertiary/aromatic N) is 2. The number of carbonyl (C=O) groups is 2. The Morgan fingerprint density at radius 3 is 2.58 bits per heavy atom. The van der Waals surface area contributed by atoms with Crippen LogP contribution in [0, 0.1) is 5.92 Å². The third-order valence-corrected chi connectivity index (χ3v) is 4.94. The first kappa shape index (κ1) is 18.4. The molecule has 0 saturated carbocycles. The number of rotatable bonds is 3. The van der Waals surface area contributed by atoms with Crippen LogP contribution in [0.2, 0.25) is 0 Å². The van der Waals surface area contributed by atoms with Gasteiger partial charge in [0.15, 0.2) is 5.13 Å². The van der Waals surface area contributed by atoms with E-state index in [9.17, 15) is 22.8 Å². The molecule has 1 aliphatic rings. The molecule has 0 aliphatic carbocycles. The zero-order valence-electron chi connectivity index (χ0n) is 13.6. The lowest BCUT2D eigenvalue weighted by Gasteiger charge is -2.31. The van der Waals surface area contributed by atoms with Gasteiger partial charge >= 0.3 is 6.18 Å². The van der Waals surface area contributed by atoms with Crippen LogP contribution < -0.4 is 5.32 Å². The van der Waals surface area contributed by atoms with E-state index in [-0.39, 0.29) is 17.4 Å². The summed E-state index contributed by atoms with van der Waals surface area (Å²) in [5, 5.41) is 5.01. The van der Waals surface area contributed by atoms with Gasteiger partial charge in [0.2, 0.25) is 5.91 Å². The number of halogens is 3. The Morgan fingerprint density at radius 1 is 1.23 bits per heavy atom. The van der Waals surface area contributed by atoms with Gasteiger partial charge in [-0.1, -0.05) is 6.07 Å². The van der Waals surface area contributed by atoms with E-state index < -0.39 is 17.6 Å². The molecule has 26 heavy (non-hydrogen) atoms. The molecule has 5 nitrogen and oxygen atoms in total. The molecule has 2 amide bonds. The Morgan fingerprint density at radius 2 is 1.96 bits per heavy atom. The predicted octanol–water partition coefficient (Wildman–Crippen LogP) is 3.65. The van der Waals surface area contributed by atoms with Gasteiger partial charge in [-0.25, -0.2) is 4.98 Å². The summed E-state index contributed by atoms with van der Waals surface area (Å²) in [6.45, 7) is 0.649.